The van der Waals surface area contributed by atoms with Crippen LogP contribution < -0.4 is 4.74 Å². The highest BCUT2D eigenvalue weighted by Gasteiger charge is 2.39. The van der Waals surface area contributed by atoms with Gasteiger partial charge in [0.25, 0.3) is 0 Å². The summed E-state index contributed by atoms with van der Waals surface area (Å²) < 4.78 is 5.85. The Morgan fingerprint density at radius 1 is 0.625 bits per heavy atom. The molecule has 0 saturated carbocycles. The van der Waals surface area contributed by atoms with Crippen LogP contribution in [0, 0.1) is 12.3 Å². The number of rotatable bonds is 2. The fraction of sp³-hybridized carbons (Fsp3) is 0.556. The maximum absolute atomic E-state index is 12.7. The number of terminal acetylenes is 1. The first-order valence-corrected chi connectivity index (χ1v) is 14.1. The van der Waals surface area contributed by atoms with E-state index in [4.69, 9.17) is 11.2 Å². The summed E-state index contributed by atoms with van der Waals surface area (Å²) in [5.74, 6) is 0.283. The molecule has 0 aliphatic rings. The Balaban J connectivity index is 3.55. The van der Waals surface area contributed by atoms with Crippen molar-refractivity contribution in [1.29, 1.82) is 0 Å². The number of hydrogen-bond acceptors (Lipinski definition) is 3. The van der Waals surface area contributed by atoms with Gasteiger partial charge >= 0.3 is 11.9 Å². The van der Waals surface area contributed by atoms with Gasteiger partial charge in [0.15, 0.2) is 0 Å². The van der Waals surface area contributed by atoms with E-state index in [1.807, 2.05) is 0 Å². The highest BCUT2D eigenvalue weighted by atomic mass is 16.6. The molecule has 4 heteroatoms. The molecule has 1 N–H and O–H groups in total. The van der Waals surface area contributed by atoms with E-state index in [9.17, 15) is 14.7 Å². The molecule has 0 heterocycles. The van der Waals surface area contributed by atoms with E-state index in [-0.39, 0.29) is 16.2 Å². The van der Waals surface area contributed by atoms with Crippen molar-refractivity contribution in [2.24, 2.45) is 0 Å². The van der Waals surface area contributed by atoms with Crippen molar-refractivity contribution in [1.82, 2.24) is 0 Å². The predicted octanol–water partition coefficient (Wildman–Crippen LogP) is 8.81. The minimum Gasteiger partial charge on any atom is -0.473 e. The van der Waals surface area contributed by atoms with Gasteiger partial charge in [0.1, 0.15) is 5.75 Å². The van der Waals surface area contributed by atoms with E-state index in [1.54, 1.807) is 0 Å². The van der Waals surface area contributed by atoms with Crippen LogP contribution in [0.4, 0.5) is 0 Å². The molecule has 218 valence electrons. The second-order valence-electron chi connectivity index (χ2n) is 16.1. The number of ether oxygens (including phenoxy) is 1. The number of benzene rings is 2. The van der Waals surface area contributed by atoms with Crippen molar-refractivity contribution in [2.45, 2.75) is 131 Å². The molecule has 0 aliphatic heterocycles. The molecule has 2 aromatic rings. The van der Waals surface area contributed by atoms with Crippen LogP contribution in [0.2, 0.25) is 0 Å². The molecule has 40 heavy (non-hydrogen) atoms. The fourth-order valence-electron chi connectivity index (χ4n) is 5.21. The lowest BCUT2D eigenvalue weighted by Gasteiger charge is -2.39. The first-order chi connectivity index (χ1) is 17.7. The second kappa shape index (κ2) is 10.4. The van der Waals surface area contributed by atoms with Crippen LogP contribution in [-0.4, -0.2) is 17.0 Å². The summed E-state index contributed by atoms with van der Waals surface area (Å²) in [6.07, 6.45) is 5.97. The lowest BCUT2D eigenvalue weighted by molar-refractivity contribution is -0.158. The van der Waals surface area contributed by atoms with E-state index in [1.165, 1.54) is 0 Å². The number of aliphatic carboxylic acids is 1. The van der Waals surface area contributed by atoms with Crippen molar-refractivity contribution in [2.75, 3.05) is 0 Å². The quantitative estimate of drug-likeness (QED) is 0.177. The highest BCUT2D eigenvalue weighted by molar-refractivity contribution is 6.29. The first kappa shape index (κ1) is 33.1. The van der Waals surface area contributed by atoms with Gasteiger partial charge in [-0.1, -0.05) is 116 Å². The lowest BCUT2D eigenvalue weighted by atomic mass is 9.65. The number of carbonyl (C=O) groups is 2. The number of carboxylic acid groups (broad SMARTS) is 1. The Bertz CT molecular complexity index is 1330. The molecule has 2 aromatic carbocycles. The summed E-state index contributed by atoms with van der Waals surface area (Å²) in [6, 6.07) is 6.33. The van der Waals surface area contributed by atoms with Gasteiger partial charge in [0, 0.05) is 16.7 Å². The van der Waals surface area contributed by atoms with E-state index >= 15 is 0 Å². The van der Waals surface area contributed by atoms with Crippen LogP contribution in [0.25, 0.3) is 11.1 Å². The Labute approximate surface area is 242 Å². The normalized spacial score (nSPS) is 13.2. The average molecular weight is 547 g/mol. The van der Waals surface area contributed by atoms with Crippen LogP contribution in [-0.2, 0) is 36.7 Å². The van der Waals surface area contributed by atoms with Gasteiger partial charge in [0.2, 0.25) is 0 Å². The zero-order valence-corrected chi connectivity index (χ0v) is 27.5. The van der Waals surface area contributed by atoms with Crippen molar-refractivity contribution >= 4 is 11.9 Å². The number of esters is 1. The number of carboxylic acids is 1. The smallest absolute Gasteiger partial charge is 0.422 e. The summed E-state index contributed by atoms with van der Waals surface area (Å²) in [5, 5.41) is 9.57. The third-order valence-electron chi connectivity index (χ3n) is 7.19. The molecule has 2 rings (SSSR count). The van der Waals surface area contributed by atoms with Gasteiger partial charge in [-0.2, -0.15) is 0 Å². The van der Waals surface area contributed by atoms with Gasteiger partial charge < -0.3 is 9.84 Å². The van der Waals surface area contributed by atoms with E-state index in [0.29, 0.717) is 5.75 Å². The standard InChI is InChI=1S/C36H50O4/c1-17-21-18-22(32(2,3)4)26(23(19-21)33(5,6)7)27-24(34(8,9)10)20-25(35(11,12)13)29(28(27)36(14,15)16)40-31(39)30(37)38/h1,18-20H,2-16H3,(H,37,38). The first-order valence-electron chi connectivity index (χ1n) is 14.1. The van der Waals surface area contributed by atoms with Crippen molar-refractivity contribution in [3.05, 3.63) is 51.6 Å². The molecule has 0 saturated heterocycles. The van der Waals surface area contributed by atoms with Gasteiger partial charge in [0.05, 0.1) is 0 Å². The van der Waals surface area contributed by atoms with Crippen LogP contribution in [0.5, 0.6) is 5.75 Å². The molecule has 0 fully saturated rings. The summed E-state index contributed by atoms with van der Waals surface area (Å²) in [6.45, 7) is 32.1. The van der Waals surface area contributed by atoms with Gasteiger partial charge in [-0.25, -0.2) is 9.59 Å². The van der Waals surface area contributed by atoms with Gasteiger partial charge in [-0.15, -0.1) is 6.42 Å². The van der Waals surface area contributed by atoms with Gasteiger partial charge in [-0.05, 0) is 67.0 Å². The SMILES string of the molecule is C#Cc1cc(C(C)(C)C)c(-c2c(C(C)(C)C)cc(C(C)(C)C)c(OC(=O)C(=O)O)c2C(C)(C)C)c(C(C)(C)C)c1. The molecule has 0 spiro atoms. The third-order valence-corrected chi connectivity index (χ3v) is 7.19. The molecule has 0 unspecified atom stereocenters. The Kier molecular flexibility index (Phi) is 8.62. The molecular weight excluding hydrogens is 496 g/mol. The molecule has 0 amide bonds. The molecule has 0 aliphatic carbocycles. The van der Waals surface area contributed by atoms with Crippen LogP contribution >= 0.6 is 0 Å². The van der Waals surface area contributed by atoms with Crippen LogP contribution in [0.1, 0.15) is 137 Å². The maximum atomic E-state index is 12.7. The lowest BCUT2D eigenvalue weighted by Crippen LogP contribution is -2.29. The van der Waals surface area contributed by atoms with Crippen LogP contribution in [0.3, 0.4) is 0 Å². The molecule has 0 bridgehead atoms. The molecule has 4 nitrogen and oxygen atoms in total. The van der Waals surface area contributed by atoms with Crippen LogP contribution in [0.15, 0.2) is 18.2 Å². The second-order valence-corrected chi connectivity index (χ2v) is 16.1. The maximum Gasteiger partial charge on any atom is 0.422 e. The molecule has 0 radical (unpaired) electrons. The molecule has 0 atom stereocenters. The van der Waals surface area contributed by atoms with E-state index in [0.717, 1.165) is 44.5 Å². The predicted molar refractivity (Wildman–Crippen MR) is 167 cm³/mol. The monoisotopic (exact) mass is 546 g/mol. The molecule has 0 aromatic heterocycles. The summed E-state index contributed by atoms with van der Waals surface area (Å²) in [5.41, 5.74) is 6.03. The zero-order chi connectivity index (χ0) is 31.4. The molecular formula is C36H50O4. The van der Waals surface area contributed by atoms with Crippen molar-refractivity contribution < 1.29 is 19.4 Å². The number of carbonyl (C=O) groups excluding carboxylic acids is 1. The third kappa shape index (κ3) is 6.80. The van der Waals surface area contributed by atoms with Crippen molar-refractivity contribution in [3.8, 4) is 29.2 Å². The largest absolute Gasteiger partial charge is 0.473 e. The highest BCUT2D eigenvalue weighted by Crippen LogP contribution is 2.53. The minimum atomic E-state index is -1.62. The number of hydrogen-bond donors (Lipinski definition) is 1. The Morgan fingerprint density at radius 2 is 1.00 bits per heavy atom. The van der Waals surface area contributed by atoms with E-state index in [2.05, 4.69) is 128 Å². The minimum absolute atomic E-state index is 0.271. The summed E-state index contributed by atoms with van der Waals surface area (Å²) in [4.78, 5) is 24.4. The fourth-order valence-corrected chi connectivity index (χ4v) is 5.21. The average Bonchev–Trinajstić information content (AvgIpc) is 2.73. The van der Waals surface area contributed by atoms with E-state index < -0.39 is 22.8 Å². The summed E-state index contributed by atoms with van der Waals surface area (Å²) in [7, 11) is 0. The Morgan fingerprint density at radius 3 is 1.30 bits per heavy atom. The van der Waals surface area contributed by atoms with Gasteiger partial charge in [-0.3, -0.25) is 0 Å². The van der Waals surface area contributed by atoms with Crippen molar-refractivity contribution in [3.63, 3.8) is 0 Å². The zero-order valence-electron chi connectivity index (χ0n) is 27.5. The topological polar surface area (TPSA) is 63.6 Å². The summed E-state index contributed by atoms with van der Waals surface area (Å²) >= 11 is 0. The Hall–Kier alpha value is -3.06.